The van der Waals surface area contributed by atoms with Gasteiger partial charge in [-0.3, -0.25) is 0 Å². The molecule has 0 spiro atoms. The number of carbonyl (C=O) groups is 1. The fraction of sp³-hybridized carbons (Fsp3) is 0.412. The summed E-state index contributed by atoms with van der Waals surface area (Å²) in [6.45, 7) is 4.32. The van der Waals surface area contributed by atoms with E-state index < -0.39 is 5.97 Å². The summed E-state index contributed by atoms with van der Waals surface area (Å²) in [6.07, 6.45) is 3.32. The van der Waals surface area contributed by atoms with Crippen molar-refractivity contribution in [3.8, 4) is 0 Å². The van der Waals surface area contributed by atoms with Crippen LogP contribution >= 0.6 is 0 Å². The van der Waals surface area contributed by atoms with Gasteiger partial charge in [0, 0.05) is 12.8 Å². The van der Waals surface area contributed by atoms with Gasteiger partial charge in [0.25, 0.3) is 0 Å². The van der Waals surface area contributed by atoms with Gasteiger partial charge in [0.05, 0.1) is 0 Å². The Labute approximate surface area is 130 Å². The molecule has 0 unspecified atom stereocenters. The zero-order chi connectivity index (χ0) is 15.8. The number of benzene rings is 1. The summed E-state index contributed by atoms with van der Waals surface area (Å²) in [4.78, 5) is 25.0. The Bertz CT molecular complexity index is 590. The molecule has 0 aliphatic rings. The number of hydrogen-bond donors (Lipinski definition) is 0. The number of esters is 1. The molecule has 0 saturated heterocycles. The highest BCUT2D eigenvalue weighted by Gasteiger charge is 2.15. The zero-order valence-corrected chi connectivity index (χ0v) is 13.1. The van der Waals surface area contributed by atoms with E-state index in [1.807, 2.05) is 30.3 Å². The molecule has 0 radical (unpaired) electrons. The number of hydrogen-bond acceptors (Lipinski definition) is 5. The van der Waals surface area contributed by atoms with Gasteiger partial charge in [-0.2, -0.15) is 0 Å². The van der Waals surface area contributed by atoms with Crippen molar-refractivity contribution >= 4 is 5.97 Å². The number of aromatic nitrogens is 3. The largest absolute Gasteiger partial charge is 0.455 e. The highest BCUT2D eigenvalue weighted by atomic mass is 16.5. The molecule has 0 N–H and O–H groups in total. The minimum atomic E-state index is -0.499. The molecule has 0 amide bonds. The van der Waals surface area contributed by atoms with E-state index in [-0.39, 0.29) is 12.4 Å². The van der Waals surface area contributed by atoms with Crippen molar-refractivity contribution in [3.05, 3.63) is 53.4 Å². The Kier molecular flexibility index (Phi) is 6.01. The average molecular weight is 299 g/mol. The number of carbonyl (C=O) groups excluding carboxylic acids is 1. The Morgan fingerprint density at radius 2 is 1.55 bits per heavy atom. The Morgan fingerprint density at radius 3 is 2.09 bits per heavy atom. The van der Waals surface area contributed by atoms with Crippen LogP contribution < -0.4 is 0 Å². The summed E-state index contributed by atoms with van der Waals surface area (Å²) in [6, 6.07) is 9.55. The predicted octanol–water partition coefficient (Wildman–Crippen LogP) is 3.13. The lowest BCUT2D eigenvalue weighted by Gasteiger charge is -2.07. The Hall–Kier alpha value is -2.30. The van der Waals surface area contributed by atoms with Crippen LogP contribution in [-0.4, -0.2) is 20.9 Å². The molecule has 1 aromatic heterocycles. The van der Waals surface area contributed by atoms with Gasteiger partial charge in [-0.25, -0.2) is 19.7 Å². The van der Waals surface area contributed by atoms with E-state index in [1.165, 1.54) is 0 Å². The number of rotatable bonds is 7. The quantitative estimate of drug-likeness (QED) is 0.735. The van der Waals surface area contributed by atoms with Crippen LogP contribution in [0.1, 0.15) is 54.5 Å². The van der Waals surface area contributed by atoms with E-state index >= 15 is 0 Å². The minimum Gasteiger partial charge on any atom is -0.455 e. The maximum absolute atomic E-state index is 12.2. The summed E-state index contributed by atoms with van der Waals surface area (Å²) in [5.41, 5.74) is 0.937. The molecule has 2 rings (SSSR count). The molecule has 0 fully saturated rings. The monoisotopic (exact) mass is 299 g/mol. The van der Waals surface area contributed by atoms with Crippen molar-refractivity contribution in [1.29, 1.82) is 0 Å². The maximum atomic E-state index is 12.2. The smallest absolute Gasteiger partial charge is 0.376 e. The molecule has 0 atom stereocenters. The molecule has 1 heterocycles. The molecule has 1 aromatic carbocycles. The summed E-state index contributed by atoms with van der Waals surface area (Å²) < 4.78 is 5.29. The van der Waals surface area contributed by atoms with Crippen LogP contribution in [0.2, 0.25) is 0 Å². The van der Waals surface area contributed by atoms with Crippen molar-refractivity contribution in [2.75, 3.05) is 0 Å². The van der Waals surface area contributed by atoms with Crippen molar-refractivity contribution in [3.63, 3.8) is 0 Å². The van der Waals surface area contributed by atoms with E-state index in [9.17, 15) is 4.79 Å². The second-order valence-corrected chi connectivity index (χ2v) is 5.05. The fourth-order valence-electron chi connectivity index (χ4n) is 2.02. The van der Waals surface area contributed by atoms with Crippen LogP contribution in [0, 0.1) is 0 Å². The van der Waals surface area contributed by atoms with Crippen LogP contribution in [0.5, 0.6) is 0 Å². The highest BCUT2D eigenvalue weighted by molar-refractivity contribution is 5.85. The first-order chi connectivity index (χ1) is 10.7. The molecule has 22 heavy (non-hydrogen) atoms. The van der Waals surface area contributed by atoms with Crippen molar-refractivity contribution in [2.45, 2.75) is 46.1 Å². The highest BCUT2D eigenvalue weighted by Crippen LogP contribution is 2.06. The van der Waals surface area contributed by atoms with Crippen molar-refractivity contribution in [1.82, 2.24) is 15.0 Å². The lowest BCUT2D eigenvalue weighted by Crippen LogP contribution is -2.15. The summed E-state index contributed by atoms with van der Waals surface area (Å²) in [5, 5.41) is 0. The van der Waals surface area contributed by atoms with Gasteiger partial charge in [0.15, 0.2) is 0 Å². The van der Waals surface area contributed by atoms with E-state index in [0.717, 1.165) is 31.2 Å². The lowest BCUT2D eigenvalue weighted by molar-refractivity contribution is 0.0456. The maximum Gasteiger partial charge on any atom is 0.376 e. The first-order valence-electron chi connectivity index (χ1n) is 7.67. The normalized spacial score (nSPS) is 10.5. The predicted molar refractivity (Wildman–Crippen MR) is 83.4 cm³/mol. The van der Waals surface area contributed by atoms with Crippen LogP contribution in [0.15, 0.2) is 30.3 Å². The number of ether oxygens (including phenoxy) is 1. The molecule has 2 aromatic rings. The summed E-state index contributed by atoms with van der Waals surface area (Å²) >= 11 is 0. The van der Waals surface area contributed by atoms with E-state index in [0.29, 0.717) is 11.6 Å². The Morgan fingerprint density at radius 1 is 0.955 bits per heavy atom. The standard InChI is InChI=1S/C17H21N3O2/c1-3-8-14-18-15(9-4-2)20-16(19-14)17(21)22-12-13-10-6-5-7-11-13/h5-7,10-11H,3-4,8-9,12H2,1-2H3. The molecule has 5 nitrogen and oxygen atoms in total. The molecular weight excluding hydrogens is 278 g/mol. The molecule has 0 aliphatic carbocycles. The molecule has 0 aliphatic heterocycles. The topological polar surface area (TPSA) is 65.0 Å². The fourth-order valence-corrected chi connectivity index (χ4v) is 2.02. The third-order valence-corrected chi connectivity index (χ3v) is 3.07. The van der Waals surface area contributed by atoms with Gasteiger partial charge >= 0.3 is 5.97 Å². The van der Waals surface area contributed by atoms with Crippen LogP contribution in [0.4, 0.5) is 0 Å². The SMILES string of the molecule is CCCc1nc(CCC)nc(C(=O)OCc2ccccc2)n1. The van der Waals surface area contributed by atoms with E-state index in [2.05, 4.69) is 28.8 Å². The first kappa shape index (κ1) is 16.1. The zero-order valence-electron chi connectivity index (χ0n) is 13.1. The van der Waals surface area contributed by atoms with Gasteiger partial charge < -0.3 is 4.74 Å². The van der Waals surface area contributed by atoms with Crippen molar-refractivity contribution in [2.24, 2.45) is 0 Å². The van der Waals surface area contributed by atoms with Gasteiger partial charge in [0.2, 0.25) is 5.82 Å². The third kappa shape index (κ3) is 4.62. The molecule has 0 bridgehead atoms. The number of aryl methyl sites for hydroxylation is 2. The minimum absolute atomic E-state index is 0.109. The van der Waals surface area contributed by atoms with Gasteiger partial charge in [-0.05, 0) is 18.4 Å². The summed E-state index contributed by atoms with van der Waals surface area (Å²) in [5.74, 6) is 0.930. The van der Waals surface area contributed by atoms with E-state index in [4.69, 9.17) is 4.74 Å². The number of nitrogens with zero attached hydrogens (tertiary/aromatic N) is 3. The third-order valence-electron chi connectivity index (χ3n) is 3.07. The van der Waals surface area contributed by atoms with Crippen LogP contribution in [-0.2, 0) is 24.2 Å². The first-order valence-corrected chi connectivity index (χ1v) is 7.67. The average Bonchev–Trinajstić information content (AvgIpc) is 2.54. The van der Waals surface area contributed by atoms with Gasteiger partial charge in [-0.1, -0.05) is 44.2 Å². The van der Waals surface area contributed by atoms with Gasteiger partial charge in [-0.15, -0.1) is 0 Å². The van der Waals surface area contributed by atoms with Crippen molar-refractivity contribution < 1.29 is 9.53 Å². The second-order valence-electron chi connectivity index (χ2n) is 5.05. The Balaban J connectivity index is 2.10. The second kappa shape index (κ2) is 8.22. The van der Waals surface area contributed by atoms with Crippen LogP contribution in [0.3, 0.4) is 0 Å². The molecular formula is C17H21N3O2. The lowest BCUT2D eigenvalue weighted by atomic mass is 10.2. The molecule has 5 heteroatoms. The molecule has 116 valence electrons. The van der Waals surface area contributed by atoms with E-state index in [1.54, 1.807) is 0 Å². The summed E-state index contributed by atoms with van der Waals surface area (Å²) in [7, 11) is 0. The van der Waals surface area contributed by atoms with Gasteiger partial charge in [0.1, 0.15) is 18.3 Å². The van der Waals surface area contributed by atoms with Crippen LogP contribution in [0.25, 0.3) is 0 Å². The molecule has 0 saturated carbocycles.